The summed E-state index contributed by atoms with van der Waals surface area (Å²) in [7, 11) is 0. The molecule has 0 fully saturated rings. The molecule has 4 heterocycles. The average Bonchev–Trinajstić information content (AvgIpc) is 0.680. The molecule has 0 radical (unpaired) electrons. The Morgan fingerprint density at radius 2 is 0.653 bits per heavy atom. The number of para-hydroxylation sites is 9. The summed E-state index contributed by atoms with van der Waals surface area (Å²) in [6, 6.07) is 125. The maximum atomic E-state index is 2.72. The lowest BCUT2D eigenvalue weighted by molar-refractivity contribution is 0.867. The molecule has 0 saturated carbocycles. The van der Waals surface area contributed by atoms with Gasteiger partial charge in [0.05, 0.1) is 11.4 Å². The minimum absolute atomic E-state index is 0.114. The first kappa shape index (κ1) is 59.1. The highest BCUT2D eigenvalue weighted by Gasteiger charge is 2.48. The fourth-order valence-corrected chi connectivity index (χ4v) is 17.1. The Bertz CT molecular complexity index is 5180. The van der Waals surface area contributed by atoms with Gasteiger partial charge in [-0.15, -0.1) is 0 Å². The van der Waals surface area contributed by atoms with E-state index in [0.29, 0.717) is 11.8 Å². The van der Waals surface area contributed by atoms with E-state index in [9.17, 15) is 0 Å². The molecule has 0 bridgehead atoms. The normalized spacial score (nSPS) is 12.9. The van der Waals surface area contributed by atoms with Gasteiger partial charge in [0.25, 0.3) is 6.71 Å². The second-order valence-corrected chi connectivity index (χ2v) is 27.8. The van der Waals surface area contributed by atoms with E-state index in [2.05, 4.69) is 386 Å². The van der Waals surface area contributed by atoms with E-state index in [1.165, 1.54) is 65.1 Å². The van der Waals surface area contributed by atoms with Gasteiger partial charge in [-0.2, -0.15) is 0 Å². The summed E-state index contributed by atoms with van der Waals surface area (Å²) in [6.07, 6.45) is 0. The minimum atomic E-state index is -0.187. The number of benzene rings is 14. The van der Waals surface area contributed by atoms with Gasteiger partial charge in [-0.05, 0) is 177 Å². The van der Waals surface area contributed by atoms with Crippen molar-refractivity contribution in [3.8, 4) is 22.3 Å². The molecule has 18 rings (SSSR count). The predicted octanol–water partition coefficient (Wildman–Crippen LogP) is 21.1. The van der Waals surface area contributed by atoms with Gasteiger partial charge in [0.15, 0.2) is 0 Å². The molecular weight excluding hydrogens is 1200 g/mol. The second kappa shape index (κ2) is 24.3. The lowest BCUT2D eigenvalue weighted by Gasteiger charge is -2.46. The van der Waals surface area contributed by atoms with Crippen molar-refractivity contribution >= 4 is 143 Å². The van der Waals surface area contributed by atoms with Crippen LogP contribution >= 0.6 is 11.8 Å². The zero-order valence-electron chi connectivity index (χ0n) is 55.2. The number of anilines is 15. The molecule has 4 aliphatic heterocycles. The van der Waals surface area contributed by atoms with Crippen LogP contribution in [0.2, 0.25) is 0 Å². The summed E-state index contributed by atoms with van der Waals surface area (Å²) >= 11 is 1.92. The Balaban J connectivity index is 0.974. The molecule has 5 nitrogen and oxygen atoms in total. The first-order valence-electron chi connectivity index (χ1n) is 34.4. The topological polar surface area (TPSA) is 16.2 Å². The van der Waals surface area contributed by atoms with Gasteiger partial charge < -0.3 is 24.5 Å². The Labute approximate surface area is 580 Å². The van der Waals surface area contributed by atoms with Crippen molar-refractivity contribution in [2.24, 2.45) is 0 Å². The van der Waals surface area contributed by atoms with E-state index in [1.807, 2.05) is 11.8 Å². The quantitative estimate of drug-likeness (QED) is 0.106. The largest absolute Gasteiger partial charge is 0.311 e. The molecule has 0 spiro atoms. The number of fused-ring (bicyclic) bond motifs is 8. The molecule has 98 heavy (non-hydrogen) atoms. The van der Waals surface area contributed by atoms with Crippen molar-refractivity contribution in [2.45, 2.75) is 49.3 Å². The lowest BCUT2D eigenvalue weighted by atomic mass is 9.31. The van der Waals surface area contributed by atoms with Crippen molar-refractivity contribution in [1.29, 1.82) is 0 Å². The summed E-state index contributed by atoms with van der Waals surface area (Å²) < 4.78 is 0. The molecule has 8 heteroatoms. The van der Waals surface area contributed by atoms with Crippen LogP contribution in [0.5, 0.6) is 0 Å². The van der Waals surface area contributed by atoms with E-state index in [-0.39, 0.29) is 13.4 Å². The Kier molecular flexibility index (Phi) is 14.7. The maximum Gasteiger partial charge on any atom is 0.252 e. The summed E-state index contributed by atoms with van der Waals surface area (Å²) in [5.74, 6) is 0.751. The van der Waals surface area contributed by atoms with Crippen LogP contribution in [0.4, 0.5) is 85.3 Å². The van der Waals surface area contributed by atoms with Crippen LogP contribution in [0.25, 0.3) is 22.3 Å². The molecule has 14 aromatic carbocycles. The van der Waals surface area contributed by atoms with E-state index in [0.717, 1.165) is 96.2 Å². The second-order valence-electron chi connectivity index (χ2n) is 26.8. The zero-order valence-corrected chi connectivity index (χ0v) is 56.0. The third kappa shape index (κ3) is 9.87. The SMILES string of the molecule is CC(C)c1ccc(-c2cccc(-c3ccc(C(C)C)cc3)c2N2c3cc4c(cc3B3c5ccccc5N(c5ccccc5)c5cc(N(c6ccccc6)c6ccccc6)cc2c53)B2c3ccccc3N(c3ccccc3)c3cc(N(c5ccccc5)c5ccccc5)cc(c32)S4)cc1. The van der Waals surface area contributed by atoms with Gasteiger partial charge in [-0.1, -0.05) is 263 Å². The molecule has 14 aromatic rings. The third-order valence-corrected chi connectivity index (χ3v) is 21.5. The predicted molar refractivity (Wildman–Crippen MR) is 419 cm³/mol. The molecule has 0 saturated heterocycles. The van der Waals surface area contributed by atoms with Crippen LogP contribution in [0.15, 0.2) is 343 Å². The van der Waals surface area contributed by atoms with Crippen LogP contribution in [0.1, 0.15) is 50.7 Å². The third-order valence-electron chi connectivity index (χ3n) is 20.4. The van der Waals surface area contributed by atoms with Crippen molar-refractivity contribution in [2.75, 3.05) is 24.5 Å². The molecule has 0 N–H and O–H groups in total. The highest BCUT2D eigenvalue weighted by molar-refractivity contribution is 8.00. The van der Waals surface area contributed by atoms with Crippen molar-refractivity contribution < 1.29 is 0 Å². The summed E-state index contributed by atoms with van der Waals surface area (Å²) in [6.45, 7) is 8.85. The highest BCUT2D eigenvalue weighted by Crippen LogP contribution is 2.54. The van der Waals surface area contributed by atoms with E-state index in [1.54, 1.807) is 0 Å². The van der Waals surface area contributed by atoms with Crippen molar-refractivity contribution in [3.63, 3.8) is 0 Å². The smallest absolute Gasteiger partial charge is 0.252 e. The van der Waals surface area contributed by atoms with E-state index in [4.69, 9.17) is 0 Å². The number of rotatable bonds is 13. The Morgan fingerprint density at radius 1 is 0.276 bits per heavy atom. The molecule has 0 aliphatic carbocycles. The number of nitrogens with zero attached hydrogens (tertiary/aromatic N) is 5. The first-order valence-corrected chi connectivity index (χ1v) is 35.2. The van der Waals surface area contributed by atoms with Crippen molar-refractivity contribution in [1.82, 2.24) is 0 Å². The van der Waals surface area contributed by atoms with Gasteiger partial charge >= 0.3 is 0 Å². The van der Waals surface area contributed by atoms with Gasteiger partial charge in [-0.3, -0.25) is 0 Å². The molecule has 0 amide bonds. The molecule has 4 aliphatic rings. The van der Waals surface area contributed by atoms with Gasteiger partial charge in [-0.25, -0.2) is 0 Å². The standard InChI is InChI=1S/C90H69B2N5S/c1-60(2)62-46-50-64(51-47-62)74-40-27-41-75(65-52-48-63(49-53-65)61(3)4)90(74)97-82-59-86-79(92-77-43-24-26-45-81(77)96(71-38-21-10-22-39-71)85-56-73(57-87(98-86)89(85)92)94(68-32-15-7-16-33-68)69-34-17-8-18-35-69)58-78(82)91-76-42-23-25-44-80(76)95(70-36-19-9-20-37-70)83-54-72(55-84(97)88(83)91)93(66-28-11-5-12-29-66)67-30-13-6-14-31-67/h5-61H,1-4H3. The van der Waals surface area contributed by atoms with Crippen LogP contribution in [-0.2, 0) is 0 Å². The Morgan fingerprint density at radius 3 is 1.09 bits per heavy atom. The van der Waals surface area contributed by atoms with Gasteiger partial charge in [0.1, 0.15) is 0 Å². The van der Waals surface area contributed by atoms with Crippen LogP contribution < -0.4 is 57.3 Å². The van der Waals surface area contributed by atoms with E-state index < -0.39 is 0 Å². The van der Waals surface area contributed by atoms with E-state index >= 15 is 0 Å². The molecule has 0 aromatic heterocycles. The summed E-state index contributed by atoms with van der Waals surface area (Å²) in [4.78, 5) is 15.1. The fraction of sp³-hybridized carbons (Fsp3) is 0.0667. The number of hydrogen-bond acceptors (Lipinski definition) is 6. The highest BCUT2D eigenvalue weighted by atomic mass is 32.2. The maximum absolute atomic E-state index is 2.72. The Hall–Kier alpha value is -11.4. The van der Waals surface area contributed by atoms with Crippen LogP contribution in [0.3, 0.4) is 0 Å². The van der Waals surface area contributed by atoms with Crippen LogP contribution in [0, 0.1) is 0 Å². The minimum Gasteiger partial charge on any atom is -0.311 e. The number of hydrogen-bond donors (Lipinski definition) is 0. The van der Waals surface area contributed by atoms with Gasteiger partial charge in [0, 0.05) is 94.9 Å². The summed E-state index contributed by atoms with van der Waals surface area (Å²) in [5, 5.41) is 0. The molecular formula is C90H69B2N5S. The molecule has 0 unspecified atom stereocenters. The van der Waals surface area contributed by atoms with Gasteiger partial charge in [0.2, 0.25) is 6.71 Å². The fourth-order valence-electron chi connectivity index (χ4n) is 15.9. The monoisotopic (exact) mass is 1270 g/mol. The lowest BCUT2D eigenvalue weighted by Crippen LogP contribution is -2.64. The zero-order chi connectivity index (χ0) is 65.5. The molecule has 0 atom stereocenters. The summed E-state index contributed by atoms with van der Waals surface area (Å²) in [5.41, 5.74) is 31.7. The first-order chi connectivity index (χ1) is 48.3. The molecule has 466 valence electrons. The average molecular weight is 1270 g/mol. The van der Waals surface area contributed by atoms with Crippen LogP contribution in [-0.4, -0.2) is 13.4 Å². The van der Waals surface area contributed by atoms with Crippen molar-refractivity contribution in [3.05, 3.63) is 345 Å².